The molecular formula is C27H38O3. The molecule has 2 aromatic carbocycles. The molecule has 2 aromatic rings. The molecular weight excluding hydrogens is 372 g/mol. The van der Waals surface area contributed by atoms with E-state index in [1.165, 1.54) is 11.1 Å². The van der Waals surface area contributed by atoms with Crippen LogP contribution in [0.2, 0.25) is 0 Å². The van der Waals surface area contributed by atoms with Gasteiger partial charge in [-0.2, -0.15) is 0 Å². The molecule has 30 heavy (non-hydrogen) atoms. The van der Waals surface area contributed by atoms with E-state index in [1.54, 1.807) is 0 Å². The zero-order chi connectivity index (χ0) is 22.4. The van der Waals surface area contributed by atoms with Gasteiger partial charge in [0.1, 0.15) is 17.1 Å². The van der Waals surface area contributed by atoms with Crippen molar-refractivity contribution in [1.82, 2.24) is 0 Å². The lowest BCUT2D eigenvalue weighted by Gasteiger charge is -2.28. The Bertz CT molecular complexity index is 797. The molecule has 1 unspecified atom stereocenters. The summed E-state index contributed by atoms with van der Waals surface area (Å²) in [5, 5.41) is 0. The minimum atomic E-state index is -0.429. The van der Waals surface area contributed by atoms with E-state index < -0.39 is 5.41 Å². The fraction of sp³-hybridized carbons (Fsp3) is 0.519. The number of hydrogen-bond acceptors (Lipinski definition) is 3. The maximum absolute atomic E-state index is 12.5. The van der Waals surface area contributed by atoms with Crippen molar-refractivity contribution >= 4 is 5.97 Å². The van der Waals surface area contributed by atoms with E-state index in [0.29, 0.717) is 5.75 Å². The first-order chi connectivity index (χ1) is 14.2. The summed E-state index contributed by atoms with van der Waals surface area (Å²) < 4.78 is 11.8. The van der Waals surface area contributed by atoms with Gasteiger partial charge in [-0.1, -0.05) is 58.9 Å². The van der Waals surface area contributed by atoms with Crippen LogP contribution in [-0.2, 0) is 4.79 Å². The van der Waals surface area contributed by atoms with Crippen LogP contribution < -0.4 is 9.47 Å². The van der Waals surface area contributed by atoms with E-state index in [1.807, 2.05) is 45.0 Å². The van der Waals surface area contributed by atoms with Crippen molar-refractivity contribution < 1.29 is 14.3 Å². The van der Waals surface area contributed by atoms with Crippen molar-refractivity contribution in [2.24, 2.45) is 5.41 Å². The molecule has 0 bridgehead atoms. The van der Waals surface area contributed by atoms with E-state index in [4.69, 9.17) is 9.47 Å². The van der Waals surface area contributed by atoms with Gasteiger partial charge in [0.05, 0.1) is 5.41 Å². The second kappa shape index (κ2) is 10.1. The summed E-state index contributed by atoms with van der Waals surface area (Å²) in [4.78, 5) is 12.5. The Hall–Kier alpha value is -2.29. The Kier molecular flexibility index (Phi) is 8.11. The third-order valence-electron chi connectivity index (χ3n) is 6.88. The molecule has 0 aliphatic rings. The second-order valence-electron chi connectivity index (χ2n) is 8.78. The van der Waals surface area contributed by atoms with Crippen LogP contribution in [-0.4, -0.2) is 11.6 Å². The lowest BCUT2D eigenvalue weighted by Crippen LogP contribution is -2.30. The van der Waals surface area contributed by atoms with Crippen molar-refractivity contribution in [1.29, 1.82) is 0 Å². The first kappa shape index (κ1) is 24.0. The van der Waals surface area contributed by atoms with Crippen molar-refractivity contribution in [3.63, 3.8) is 0 Å². The fourth-order valence-electron chi connectivity index (χ4n) is 3.29. The Balaban J connectivity index is 2.07. The third kappa shape index (κ3) is 5.65. The number of rotatable bonds is 10. The van der Waals surface area contributed by atoms with E-state index in [9.17, 15) is 4.79 Å². The van der Waals surface area contributed by atoms with Gasteiger partial charge in [-0.05, 0) is 74.9 Å². The second-order valence-corrected chi connectivity index (χ2v) is 8.78. The number of ether oxygens (including phenoxy) is 2. The Morgan fingerprint density at radius 2 is 1.20 bits per heavy atom. The molecule has 0 heterocycles. The highest BCUT2D eigenvalue weighted by atomic mass is 16.5. The van der Waals surface area contributed by atoms with Crippen LogP contribution >= 0.6 is 0 Å². The Labute approximate surface area is 182 Å². The average molecular weight is 411 g/mol. The summed E-state index contributed by atoms with van der Waals surface area (Å²) in [6, 6.07) is 16.2. The van der Waals surface area contributed by atoms with Crippen LogP contribution in [0, 0.1) is 5.41 Å². The van der Waals surface area contributed by atoms with Gasteiger partial charge < -0.3 is 9.47 Å². The molecule has 0 radical (unpaired) electrons. The van der Waals surface area contributed by atoms with Gasteiger partial charge in [0.2, 0.25) is 0 Å². The molecule has 1 atom stereocenters. The maximum Gasteiger partial charge on any atom is 0.317 e. The van der Waals surface area contributed by atoms with Crippen molar-refractivity contribution in [3.05, 3.63) is 59.7 Å². The molecule has 0 N–H and O–H groups in total. The van der Waals surface area contributed by atoms with E-state index in [2.05, 4.69) is 52.0 Å². The molecule has 0 saturated heterocycles. The van der Waals surface area contributed by atoms with Gasteiger partial charge in [0.25, 0.3) is 0 Å². The SMILES string of the molecule is CCC(C)(CC)Oc1ccc(C(C)c2ccc(OC(=O)C(C)(CC)CC)cc2)cc1. The normalized spacial score (nSPS) is 13.0. The summed E-state index contributed by atoms with van der Waals surface area (Å²) in [7, 11) is 0. The molecule has 3 nitrogen and oxygen atoms in total. The topological polar surface area (TPSA) is 35.5 Å². The molecule has 0 saturated carbocycles. The molecule has 0 amide bonds. The lowest BCUT2D eigenvalue weighted by atomic mass is 9.85. The van der Waals surface area contributed by atoms with E-state index in [0.717, 1.165) is 31.4 Å². The molecule has 2 rings (SSSR count). The van der Waals surface area contributed by atoms with Gasteiger partial charge in [-0.3, -0.25) is 4.79 Å². The van der Waals surface area contributed by atoms with Crippen molar-refractivity contribution in [2.45, 2.75) is 85.7 Å². The predicted molar refractivity (Wildman–Crippen MR) is 124 cm³/mol. The zero-order valence-corrected chi connectivity index (χ0v) is 19.7. The highest BCUT2D eigenvalue weighted by Gasteiger charge is 2.31. The average Bonchev–Trinajstić information content (AvgIpc) is 2.78. The van der Waals surface area contributed by atoms with Gasteiger partial charge in [0.15, 0.2) is 0 Å². The van der Waals surface area contributed by atoms with Gasteiger partial charge in [-0.15, -0.1) is 0 Å². The van der Waals surface area contributed by atoms with Crippen LogP contribution in [0.4, 0.5) is 0 Å². The largest absolute Gasteiger partial charge is 0.488 e. The molecule has 0 aromatic heterocycles. The number of carbonyl (C=O) groups is 1. The van der Waals surface area contributed by atoms with Crippen LogP contribution in [0.25, 0.3) is 0 Å². The molecule has 0 aliphatic carbocycles. The zero-order valence-electron chi connectivity index (χ0n) is 19.7. The van der Waals surface area contributed by atoms with Crippen molar-refractivity contribution in [3.8, 4) is 11.5 Å². The third-order valence-corrected chi connectivity index (χ3v) is 6.88. The number of benzene rings is 2. The first-order valence-electron chi connectivity index (χ1n) is 11.3. The Morgan fingerprint density at radius 1 is 0.767 bits per heavy atom. The first-order valence-corrected chi connectivity index (χ1v) is 11.3. The quantitative estimate of drug-likeness (QED) is 0.300. The highest BCUT2D eigenvalue weighted by Crippen LogP contribution is 2.31. The number of carbonyl (C=O) groups excluding carboxylic acids is 1. The smallest absolute Gasteiger partial charge is 0.317 e. The highest BCUT2D eigenvalue weighted by molar-refractivity contribution is 5.78. The summed E-state index contributed by atoms with van der Waals surface area (Å²) in [5.74, 6) is 1.60. The Morgan fingerprint density at radius 3 is 1.60 bits per heavy atom. The predicted octanol–water partition coefficient (Wildman–Crippen LogP) is 7.53. The minimum absolute atomic E-state index is 0.119. The van der Waals surface area contributed by atoms with Crippen LogP contribution in [0.15, 0.2) is 48.5 Å². The van der Waals surface area contributed by atoms with E-state index in [-0.39, 0.29) is 17.5 Å². The maximum atomic E-state index is 12.5. The summed E-state index contributed by atoms with van der Waals surface area (Å²) in [6.07, 6.45) is 3.50. The molecule has 0 fully saturated rings. The standard InChI is InChI=1S/C27H38O3/c1-8-26(6,9-2)25(28)29-23-16-12-21(13-17-23)20(5)22-14-18-24(19-15-22)30-27(7,10-3)11-4/h12-20H,8-11H2,1-7H3. The van der Waals surface area contributed by atoms with Crippen molar-refractivity contribution in [2.75, 3.05) is 0 Å². The van der Waals surface area contributed by atoms with Crippen LogP contribution in [0.3, 0.4) is 0 Å². The summed E-state index contributed by atoms with van der Waals surface area (Å²) in [6.45, 7) is 14.7. The molecule has 0 spiro atoms. The molecule has 0 aliphatic heterocycles. The molecule has 3 heteroatoms. The van der Waals surface area contributed by atoms with Gasteiger partial charge in [0, 0.05) is 5.92 Å². The number of esters is 1. The van der Waals surface area contributed by atoms with Crippen LogP contribution in [0.5, 0.6) is 11.5 Å². The number of hydrogen-bond donors (Lipinski definition) is 0. The summed E-state index contributed by atoms with van der Waals surface area (Å²) >= 11 is 0. The van der Waals surface area contributed by atoms with E-state index >= 15 is 0 Å². The van der Waals surface area contributed by atoms with Gasteiger partial charge in [-0.25, -0.2) is 0 Å². The summed E-state index contributed by atoms with van der Waals surface area (Å²) in [5.41, 5.74) is 1.86. The minimum Gasteiger partial charge on any atom is -0.488 e. The fourth-order valence-corrected chi connectivity index (χ4v) is 3.29. The molecule has 164 valence electrons. The lowest BCUT2D eigenvalue weighted by molar-refractivity contribution is -0.145. The van der Waals surface area contributed by atoms with Gasteiger partial charge >= 0.3 is 5.97 Å². The van der Waals surface area contributed by atoms with Crippen LogP contribution in [0.1, 0.15) is 91.2 Å². The monoisotopic (exact) mass is 410 g/mol.